The number of pyridine rings is 1. The molecule has 0 unspecified atom stereocenters. The van der Waals surface area contributed by atoms with Crippen LogP contribution in [0.2, 0.25) is 0 Å². The topological polar surface area (TPSA) is 42.1 Å². The van der Waals surface area contributed by atoms with Crippen LogP contribution in [0.5, 0.6) is 0 Å². The number of aryl methyl sites for hydroxylation is 1. The average Bonchev–Trinajstić information content (AvgIpc) is 2.74. The quantitative estimate of drug-likeness (QED) is 0.937. The number of hydrogen-bond acceptors (Lipinski definition) is 4. The second kappa shape index (κ2) is 5.82. The van der Waals surface area contributed by atoms with Crippen molar-refractivity contribution >= 4 is 33.1 Å². The monoisotopic (exact) mass is 325 g/mol. The van der Waals surface area contributed by atoms with Gasteiger partial charge in [-0.05, 0) is 46.1 Å². The Hall–Kier alpha value is -0.910. The Morgan fingerprint density at radius 2 is 2.22 bits per heavy atom. The van der Waals surface area contributed by atoms with E-state index in [0.29, 0.717) is 6.54 Å². The van der Waals surface area contributed by atoms with Crippen molar-refractivity contribution in [2.24, 2.45) is 5.73 Å². The molecular formula is C13H16BrN3S. The van der Waals surface area contributed by atoms with Crippen LogP contribution in [-0.4, -0.2) is 12.0 Å². The number of nitrogens with two attached hydrogens (primary N) is 1. The molecule has 0 amide bonds. The van der Waals surface area contributed by atoms with Crippen molar-refractivity contribution in [2.45, 2.75) is 20.0 Å². The molecule has 0 fully saturated rings. The van der Waals surface area contributed by atoms with Gasteiger partial charge in [0.2, 0.25) is 0 Å². The first-order valence-corrected chi connectivity index (χ1v) is 7.37. The number of anilines is 1. The normalized spacial score (nSPS) is 10.7. The number of hydrogen-bond donors (Lipinski definition) is 1. The van der Waals surface area contributed by atoms with E-state index in [0.717, 1.165) is 28.0 Å². The highest BCUT2D eigenvalue weighted by Crippen LogP contribution is 2.24. The second-order valence-electron chi connectivity index (χ2n) is 4.28. The van der Waals surface area contributed by atoms with Crippen molar-refractivity contribution in [3.8, 4) is 0 Å². The molecule has 0 saturated heterocycles. The Morgan fingerprint density at radius 3 is 2.78 bits per heavy atom. The summed E-state index contributed by atoms with van der Waals surface area (Å²) >= 11 is 5.22. The van der Waals surface area contributed by atoms with Gasteiger partial charge in [-0.3, -0.25) is 0 Å². The van der Waals surface area contributed by atoms with Crippen LogP contribution in [0.4, 0.5) is 5.82 Å². The van der Waals surface area contributed by atoms with Crippen LogP contribution < -0.4 is 10.6 Å². The molecule has 2 N–H and O–H groups in total. The third-order valence-electron chi connectivity index (χ3n) is 2.72. The van der Waals surface area contributed by atoms with Gasteiger partial charge in [0.15, 0.2) is 0 Å². The van der Waals surface area contributed by atoms with Crippen molar-refractivity contribution < 1.29 is 0 Å². The minimum Gasteiger partial charge on any atom is -0.354 e. The molecule has 2 aromatic rings. The molecular weight excluding hydrogens is 310 g/mol. The van der Waals surface area contributed by atoms with Crippen molar-refractivity contribution in [1.29, 1.82) is 0 Å². The van der Waals surface area contributed by atoms with Gasteiger partial charge in [0.25, 0.3) is 0 Å². The van der Waals surface area contributed by atoms with Gasteiger partial charge >= 0.3 is 0 Å². The van der Waals surface area contributed by atoms with Crippen molar-refractivity contribution in [2.75, 3.05) is 11.9 Å². The van der Waals surface area contributed by atoms with Gasteiger partial charge in [-0.2, -0.15) is 0 Å². The molecule has 0 aromatic carbocycles. The third-order valence-corrected chi connectivity index (χ3v) is 4.40. The van der Waals surface area contributed by atoms with E-state index in [9.17, 15) is 0 Å². The summed E-state index contributed by atoms with van der Waals surface area (Å²) < 4.78 is 1.14. The largest absolute Gasteiger partial charge is 0.354 e. The molecule has 0 aliphatic rings. The Morgan fingerprint density at radius 1 is 1.44 bits per heavy atom. The van der Waals surface area contributed by atoms with E-state index in [4.69, 9.17) is 5.73 Å². The predicted octanol–water partition coefficient (Wildman–Crippen LogP) is 3.31. The van der Waals surface area contributed by atoms with Crippen LogP contribution in [-0.2, 0) is 13.1 Å². The van der Waals surface area contributed by atoms with Crippen LogP contribution in [0.15, 0.2) is 28.2 Å². The van der Waals surface area contributed by atoms with E-state index in [2.05, 4.69) is 57.3 Å². The molecule has 3 nitrogen and oxygen atoms in total. The fraction of sp³-hybridized carbons (Fsp3) is 0.308. The highest BCUT2D eigenvalue weighted by atomic mass is 79.9. The lowest BCUT2D eigenvalue weighted by molar-refractivity contribution is 0.897. The maximum absolute atomic E-state index is 5.61. The third kappa shape index (κ3) is 3.10. The zero-order chi connectivity index (χ0) is 13.1. The molecule has 96 valence electrons. The predicted molar refractivity (Wildman–Crippen MR) is 81.0 cm³/mol. The first-order valence-electron chi connectivity index (χ1n) is 5.70. The van der Waals surface area contributed by atoms with Crippen molar-refractivity contribution in [3.63, 3.8) is 0 Å². The summed E-state index contributed by atoms with van der Waals surface area (Å²) in [6.45, 7) is 3.48. The summed E-state index contributed by atoms with van der Waals surface area (Å²) in [5.41, 5.74) is 7.85. The van der Waals surface area contributed by atoms with Crippen LogP contribution in [0.25, 0.3) is 0 Å². The van der Waals surface area contributed by atoms with Crippen molar-refractivity contribution in [3.05, 3.63) is 44.2 Å². The summed E-state index contributed by atoms with van der Waals surface area (Å²) in [4.78, 5) is 7.96. The Kier molecular flexibility index (Phi) is 4.37. The highest BCUT2D eigenvalue weighted by Gasteiger charge is 2.08. The van der Waals surface area contributed by atoms with Gasteiger partial charge in [-0.15, -0.1) is 11.3 Å². The van der Waals surface area contributed by atoms with E-state index >= 15 is 0 Å². The molecule has 2 rings (SSSR count). The molecule has 0 radical (unpaired) electrons. The van der Waals surface area contributed by atoms with E-state index in [-0.39, 0.29) is 0 Å². The van der Waals surface area contributed by atoms with Gasteiger partial charge < -0.3 is 10.6 Å². The summed E-state index contributed by atoms with van der Waals surface area (Å²) in [6, 6.07) is 4.24. The highest BCUT2D eigenvalue weighted by molar-refractivity contribution is 9.10. The zero-order valence-electron chi connectivity index (χ0n) is 10.5. The minimum atomic E-state index is 0.537. The fourth-order valence-corrected chi connectivity index (χ4v) is 3.39. The molecule has 0 spiro atoms. The summed E-state index contributed by atoms with van der Waals surface area (Å²) in [5.74, 6) is 1.01. The van der Waals surface area contributed by atoms with E-state index in [1.807, 2.05) is 6.20 Å². The Balaban J connectivity index is 2.15. The minimum absolute atomic E-state index is 0.537. The van der Waals surface area contributed by atoms with Gasteiger partial charge in [0.1, 0.15) is 5.82 Å². The van der Waals surface area contributed by atoms with Gasteiger partial charge in [0, 0.05) is 34.5 Å². The molecule has 5 heteroatoms. The van der Waals surface area contributed by atoms with Crippen LogP contribution in [0.1, 0.15) is 16.0 Å². The maximum atomic E-state index is 5.61. The smallest absolute Gasteiger partial charge is 0.131 e. The number of aromatic nitrogens is 1. The first kappa shape index (κ1) is 13.5. The van der Waals surface area contributed by atoms with Crippen LogP contribution in [0.3, 0.4) is 0 Å². The standard InChI is InChI=1S/C13H16BrN3S/c1-9-3-10(5-15)6-16-13(9)17(2)7-12-4-11(14)8-18-12/h3-4,6,8H,5,7,15H2,1-2H3. The van der Waals surface area contributed by atoms with Gasteiger partial charge in [0.05, 0.1) is 6.54 Å². The Labute approximate surface area is 120 Å². The zero-order valence-corrected chi connectivity index (χ0v) is 12.9. The number of halogens is 1. The van der Waals surface area contributed by atoms with E-state index in [1.54, 1.807) is 11.3 Å². The lowest BCUT2D eigenvalue weighted by atomic mass is 10.2. The van der Waals surface area contributed by atoms with E-state index < -0.39 is 0 Å². The lowest BCUT2D eigenvalue weighted by Gasteiger charge is -2.19. The number of nitrogens with zero attached hydrogens (tertiary/aromatic N) is 2. The molecule has 2 heterocycles. The SMILES string of the molecule is Cc1cc(CN)cnc1N(C)Cc1cc(Br)cs1. The van der Waals surface area contributed by atoms with Crippen LogP contribution in [0, 0.1) is 6.92 Å². The number of rotatable bonds is 4. The fourth-order valence-electron chi connectivity index (χ4n) is 1.88. The van der Waals surface area contributed by atoms with Crippen LogP contribution >= 0.6 is 27.3 Å². The molecule has 0 aliphatic heterocycles. The molecule has 0 saturated carbocycles. The van der Waals surface area contributed by atoms with Crippen molar-refractivity contribution in [1.82, 2.24) is 4.98 Å². The summed E-state index contributed by atoms with van der Waals surface area (Å²) in [5, 5.41) is 2.10. The molecule has 0 bridgehead atoms. The molecule has 0 aliphatic carbocycles. The summed E-state index contributed by atoms with van der Waals surface area (Å²) in [7, 11) is 2.06. The summed E-state index contributed by atoms with van der Waals surface area (Å²) in [6.07, 6.45) is 1.85. The van der Waals surface area contributed by atoms with Gasteiger partial charge in [-0.25, -0.2) is 4.98 Å². The molecule has 18 heavy (non-hydrogen) atoms. The average molecular weight is 326 g/mol. The van der Waals surface area contributed by atoms with Gasteiger partial charge in [-0.1, -0.05) is 0 Å². The molecule has 0 atom stereocenters. The first-order chi connectivity index (χ1) is 8.60. The van der Waals surface area contributed by atoms with E-state index in [1.165, 1.54) is 4.88 Å². The second-order valence-corrected chi connectivity index (χ2v) is 6.19. The molecule has 2 aromatic heterocycles. The number of thiophene rings is 1. The Bertz CT molecular complexity index is 539. The maximum Gasteiger partial charge on any atom is 0.131 e. The lowest BCUT2D eigenvalue weighted by Crippen LogP contribution is -2.18.